The van der Waals surface area contributed by atoms with Crippen LogP contribution in [0.4, 0.5) is 0 Å². The Hall–Kier alpha value is 0.0900. The quantitative estimate of drug-likeness (QED) is 0.692. The second kappa shape index (κ2) is 6.70. The summed E-state index contributed by atoms with van der Waals surface area (Å²) in [5.41, 5.74) is 0. The van der Waals surface area contributed by atoms with Crippen LogP contribution in [0.5, 0.6) is 0 Å². The van der Waals surface area contributed by atoms with Gasteiger partial charge in [-0.15, -0.1) is 0 Å². The van der Waals surface area contributed by atoms with Crippen molar-refractivity contribution in [2.75, 3.05) is 11.9 Å². The first-order valence-corrected chi connectivity index (χ1v) is 9.74. The van der Waals surface area contributed by atoms with E-state index in [1.807, 2.05) is 0 Å². The van der Waals surface area contributed by atoms with Gasteiger partial charge in [0.25, 0.3) is 0 Å². The first kappa shape index (κ1) is 15.5. The predicted molar refractivity (Wildman–Crippen MR) is 84.1 cm³/mol. The van der Waals surface area contributed by atoms with Crippen molar-refractivity contribution < 1.29 is 8.42 Å². The molecule has 106 valence electrons. The molecule has 0 N–H and O–H groups in total. The van der Waals surface area contributed by atoms with Crippen LogP contribution in [-0.2, 0) is 10.0 Å². The maximum Gasteiger partial charge on any atom is 0.243 e. The number of sulfonamides is 1. The second-order valence-corrected chi connectivity index (χ2v) is 8.30. The summed E-state index contributed by atoms with van der Waals surface area (Å²) in [6.07, 6.45) is 4.20. The van der Waals surface area contributed by atoms with Gasteiger partial charge in [0.1, 0.15) is 0 Å². The molecule has 0 aliphatic heterocycles. The van der Waals surface area contributed by atoms with E-state index in [0.29, 0.717) is 16.8 Å². The Kier molecular flexibility index (Phi) is 5.45. The van der Waals surface area contributed by atoms with Crippen LogP contribution in [0.2, 0.25) is 0 Å². The number of nitrogens with zero attached hydrogens (tertiary/aromatic N) is 1. The molecule has 0 bridgehead atoms. The van der Waals surface area contributed by atoms with Crippen LogP contribution in [0.3, 0.4) is 0 Å². The van der Waals surface area contributed by atoms with E-state index in [1.54, 1.807) is 28.6 Å². The Labute approximate surface area is 131 Å². The highest BCUT2D eigenvalue weighted by Gasteiger charge is 2.32. The van der Waals surface area contributed by atoms with Gasteiger partial charge in [0.05, 0.1) is 4.90 Å². The van der Waals surface area contributed by atoms with Gasteiger partial charge < -0.3 is 0 Å². The summed E-state index contributed by atoms with van der Waals surface area (Å²) in [6.45, 7) is 0.531. The second-order valence-electron chi connectivity index (χ2n) is 4.70. The third kappa shape index (κ3) is 3.60. The Morgan fingerprint density at radius 3 is 2.26 bits per heavy atom. The molecule has 0 amide bonds. The molecule has 19 heavy (non-hydrogen) atoms. The largest absolute Gasteiger partial charge is 0.243 e. The molecule has 0 saturated heterocycles. The topological polar surface area (TPSA) is 37.4 Å². The molecule has 1 saturated carbocycles. The van der Waals surface area contributed by atoms with E-state index in [4.69, 9.17) is 0 Å². The van der Waals surface area contributed by atoms with Crippen molar-refractivity contribution in [3.63, 3.8) is 0 Å². The molecular weight excluding hydrogens is 394 g/mol. The molecule has 0 heterocycles. The van der Waals surface area contributed by atoms with Crippen LogP contribution in [0.25, 0.3) is 0 Å². The first-order valence-electron chi connectivity index (χ1n) is 6.39. The molecule has 1 aliphatic rings. The van der Waals surface area contributed by atoms with E-state index in [2.05, 4.69) is 31.9 Å². The first-order chi connectivity index (χ1) is 9.05. The number of benzene rings is 1. The van der Waals surface area contributed by atoms with Gasteiger partial charge in [-0.25, -0.2) is 8.42 Å². The van der Waals surface area contributed by atoms with Gasteiger partial charge in [0, 0.05) is 22.4 Å². The molecule has 3 nitrogen and oxygen atoms in total. The molecule has 1 aliphatic carbocycles. The van der Waals surface area contributed by atoms with E-state index >= 15 is 0 Å². The Morgan fingerprint density at radius 1 is 1.16 bits per heavy atom. The fraction of sp³-hybridized carbons (Fsp3) is 0.538. The van der Waals surface area contributed by atoms with E-state index in [-0.39, 0.29) is 6.04 Å². The van der Waals surface area contributed by atoms with Crippen molar-refractivity contribution in [3.8, 4) is 0 Å². The van der Waals surface area contributed by atoms with Gasteiger partial charge in [0.2, 0.25) is 10.0 Å². The van der Waals surface area contributed by atoms with E-state index in [9.17, 15) is 8.42 Å². The Balaban J connectivity index is 2.30. The standard InChI is InChI=1S/C13H17Br2NO2S/c14-9-10-16(12-3-1-2-4-12)19(17,18)13-7-5-11(15)6-8-13/h5-8,12H,1-4,9-10H2. The van der Waals surface area contributed by atoms with Gasteiger partial charge >= 0.3 is 0 Å². The fourth-order valence-corrected chi connectivity index (χ4v) is 5.08. The third-order valence-electron chi connectivity index (χ3n) is 3.46. The molecule has 1 fully saturated rings. The molecule has 0 spiro atoms. The Morgan fingerprint density at radius 2 is 1.74 bits per heavy atom. The zero-order valence-electron chi connectivity index (χ0n) is 10.6. The highest BCUT2D eigenvalue weighted by atomic mass is 79.9. The minimum absolute atomic E-state index is 0.159. The number of alkyl halides is 1. The van der Waals surface area contributed by atoms with Gasteiger partial charge in [-0.05, 0) is 37.1 Å². The van der Waals surface area contributed by atoms with Crippen molar-refractivity contribution in [3.05, 3.63) is 28.7 Å². The van der Waals surface area contributed by atoms with Crippen molar-refractivity contribution in [2.24, 2.45) is 0 Å². The van der Waals surface area contributed by atoms with Crippen molar-refractivity contribution in [2.45, 2.75) is 36.6 Å². The molecule has 0 radical (unpaired) electrons. The average molecular weight is 411 g/mol. The fourth-order valence-electron chi connectivity index (χ4n) is 2.52. The average Bonchev–Trinajstić information content (AvgIpc) is 2.89. The number of halogens is 2. The zero-order chi connectivity index (χ0) is 13.9. The SMILES string of the molecule is O=S(=O)(c1ccc(Br)cc1)N(CCBr)C1CCCC1. The third-order valence-corrected chi connectivity index (χ3v) is 6.31. The van der Waals surface area contributed by atoms with Crippen molar-refractivity contribution in [1.29, 1.82) is 0 Å². The lowest BCUT2D eigenvalue weighted by atomic mass is 10.2. The summed E-state index contributed by atoms with van der Waals surface area (Å²) in [4.78, 5) is 0.378. The molecular formula is C13H17Br2NO2S. The summed E-state index contributed by atoms with van der Waals surface area (Å²) in [5, 5.41) is 0.666. The minimum atomic E-state index is -3.38. The summed E-state index contributed by atoms with van der Waals surface area (Å²) >= 11 is 6.69. The van der Waals surface area contributed by atoms with Crippen LogP contribution in [0.1, 0.15) is 25.7 Å². The van der Waals surface area contributed by atoms with Gasteiger partial charge in [-0.1, -0.05) is 44.7 Å². The molecule has 1 aromatic rings. The summed E-state index contributed by atoms with van der Waals surface area (Å²) in [7, 11) is -3.38. The van der Waals surface area contributed by atoms with Gasteiger partial charge in [-0.3, -0.25) is 0 Å². The van der Waals surface area contributed by atoms with Crippen LogP contribution in [0.15, 0.2) is 33.6 Å². The number of hydrogen-bond donors (Lipinski definition) is 0. The molecule has 2 rings (SSSR count). The Bertz CT molecular complexity index is 510. The predicted octanol–water partition coefficient (Wildman–Crippen LogP) is 3.78. The molecule has 0 unspecified atom stereocenters. The lowest BCUT2D eigenvalue weighted by Gasteiger charge is -2.27. The van der Waals surface area contributed by atoms with Crippen LogP contribution in [-0.4, -0.2) is 30.6 Å². The van der Waals surface area contributed by atoms with Crippen LogP contribution in [0, 0.1) is 0 Å². The smallest absolute Gasteiger partial charge is 0.207 e. The van der Waals surface area contributed by atoms with E-state index < -0.39 is 10.0 Å². The molecule has 6 heteroatoms. The lowest BCUT2D eigenvalue weighted by Crippen LogP contribution is -2.40. The van der Waals surface area contributed by atoms with E-state index in [1.165, 1.54) is 0 Å². The summed E-state index contributed by atoms with van der Waals surface area (Å²) in [5.74, 6) is 0. The highest BCUT2D eigenvalue weighted by Crippen LogP contribution is 2.29. The number of rotatable bonds is 5. The maximum atomic E-state index is 12.7. The van der Waals surface area contributed by atoms with Gasteiger partial charge in [-0.2, -0.15) is 4.31 Å². The van der Waals surface area contributed by atoms with E-state index in [0.717, 1.165) is 30.2 Å². The van der Waals surface area contributed by atoms with Crippen molar-refractivity contribution >= 4 is 41.9 Å². The van der Waals surface area contributed by atoms with Gasteiger partial charge in [0.15, 0.2) is 0 Å². The molecule has 0 atom stereocenters. The minimum Gasteiger partial charge on any atom is -0.207 e. The molecule has 1 aromatic carbocycles. The van der Waals surface area contributed by atoms with Crippen LogP contribution < -0.4 is 0 Å². The van der Waals surface area contributed by atoms with Crippen LogP contribution >= 0.6 is 31.9 Å². The van der Waals surface area contributed by atoms with Crippen molar-refractivity contribution in [1.82, 2.24) is 4.31 Å². The lowest BCUT2D eigenvalue weighted by molar-refractivity contribution is 0.338. The number of hydrogen-bond acceptors (Lipinski definition) is 2. The monoisotopic (exact) mass is 409 g/mol. The normalized spacial score (nSPS) is 17.2. The maximum absolute atomic E-state index is 12.7. The zero-order valence-corrected chi connectivity index (χ0v) is 14.5. The summed E-state index contributed by atoms with van der Waals surface area (Å²) < 4.78 is 28.0. The summed E-state index contributed by atoms with van der Waals surface area (Å²) in [6, 6.07) is 7.03. The highest BCUT2D eigenvalue weighted by molar-refractivity contribution is 9.10. The molecule has 0 aromatic heterocycles.